The topological polar surface area (TPSA) is 75.7 Å². The molecule has 10 heteroatoms. The average molecular weight is 497 g/mol. The zero-order valence-electron chi connectivity index (χ0n) is 16.9. The SMILES string of the molecule is CS(=O)(=O)N(Cc1ccc(F)cc1)c1ccc(OCC(=O)Nc2cc(Cl)ccc2Cl)cc1. The molecule has 0 aliphatic heterocycles. The quantitative estimate of drug-likeness (QED) is 0.469. The molecule has 168 valence electrons. The molecule has 0 aliphatic carbocycles. The van der Waals surface area contributed by atoms with Crippen molar-refractivity contribution in [1.82, 2.24) is 0 Å². The molecule has 0 saturated heterocycles. The summed E-state index contributed by atoms with van der Waals surface area (Å²) in [4.78, 5) is 12.1. The lowest BCUT2D eigenvalue weighted by atomic mass is 10.2. The minimum absolute atomic E-state index is 0.0438. The number of sulfonamides is 1. The summed E-state index contributed by atoms with van der Waals surface area (Å²) in [5.74, 6) is -0.466. The van der Waals surface area contributed by atoms with E-state index in [0.29, 0.717) is 32.7 Å². The van der Waals surface area contributed by atoms with E-state index in [2.05, 4.69) is 5.32 Å². The standard InChI is InChI=1S/C22H19Cl2FN2O4S/c1-32(29,30)27(13-15-2-5-17(25)6-3-15)18-7-9-19(10-8-18)31-14-22(28)26-21-12-16(23)4-11-20(21)24/h2-12H,13-14H2,1H3,(H,26,28). The molecule has 0 radical (unpaired) electrons. The minimum Gasteiger partial charge on any atom is -0.484 e. The van der Waals surface area contributed by atoms with Crippen LogP contribution in [-0.2, 0) is 21.4 Å². The highest BCUT2D eigenvalue weighted by Gasteiger charge is 2.18. The molecule has 1 N–H and O–H groups in total. The molecule has 0 unspecified atom stereocenters. The highest BCUT2D eigenvalue weighted by molar-refractivity contribution is 7.92. The normalized spacial score (nSPS) is 11.1. The Kier molecular flexibility index (Phi) is 7.60. The van der Waals surface area contributed by atoms with E-state index in [1.807, 2.05) is 0 Å². The van der Waals surface area contributed by atoms with Crippen LogP contribution < -0.4 is 14.4 Å². The Morgan fingerprint density at radius 2 is 1.69 bits per heavy atom. The van der Waals surface area contributed by atoms with E-state index in [0.717, 1.165) is 6.26 Å². The van der Waals surface area contributed by atoms with Crippen LogP contribution in [0.25, 0.3) is 0 Å². The van der Waals surface area contributed by atoms with Crippen molar-refractivity contribution in [3.8, 4) is 5.75 Å². The molecule has 0 saturated carbocycles. The Balaban J connectivity index is 1.65. The van der Waals surface area contributed by atoms with Gasteiger partial charge in [0, 0.05) is 5.02 Å². The summed E-state index contributed by atoms with van der Waals surface area (Å²) in [5.41, 5.74) is 1.40. The third kappa shape index (κ3) is 6.59. The van der Waals surface area contributed by atoms with Gasteiger partial charge in [-0.2, -0.15) is 0 Å². The van der Waals surface area contributed by atoms with E-state index in [-0.39, 0.29) is 13.2 Å². The molecule has 3 rings (SSSR count). The van der Waals surface area contributed by atoms with Crippen molar-refractivity contribution < 1.29 is 22.3 Å². The molecular weight excluding hydrogens is 478 g/mol. The van der Waals surface area contributed by atoms with Crippen molar-refractivity contribution in [3.63, 3.8) is 0 Å². The van der Waals surface area contributed by atoms with Gasteiger partial charge in [0.2, 0.25) is 10.0 Å². The number of carbonyl (C=O) groups excluding carboxylic acids is 1. The first kappa shape index (κ1) is 23.8. The maximum absolute atomic E-state index is 13.1. The molecule has 0 heterocycles. The van der Waals surface area contributed by atoms with Crippen LogP contribution in [0.5, 0.6) is 5.75 Å². The van der Waals surface area contributed by atoms with Gasteiger partial charge in [-0.05, 0) is 60.2 Å². The number of amides is 1. The smallest absolute Gasteiger partial charge is 0.262 e. The lowest BCUT2D eigenvalue weighted by Crippen LogP contribution is -2.29. The predicted octanol–water partition coefficient (Wildman–Crippen LogP) is 5.12. The highest BCUT2D eigenvalue weighted by Crippen LogP contribution is 2.26. The van der Waals surface area contributed by atoms with Crippen LogP contribution in [0.2, 0.25) is 10.0 Å². The minimum atomic E-state index is -3.60. The Morgan fingerprint density at radius 3 is 2.31 bits per heavy atom. The van der Waals surface area contributed by atoms with E-state index >= 15 is 0 Å². The fourth-order valence-electron chi connectivity index (χ4n) is 2.79. The number of nitrogens with zero attached hydrogens (tertiary/aromatic N) is 1. The zero-order valence-corrected chi connectivity index (χ0v) is 19.2. The van der Waals surface area contributed by atoms with Crippen molar-refractivity contribution >= 4 is 50.5 Å². The Morgan fingerprint density at radius 1 is 1.03 bits per heavy atom. The number of nitrogens with one attached hydrogen (secondary N) is 1. The van der Waals surface area contributed by atoms with Gasteiger partial charge >= 0.3 is 0 Å². The fourth-order valence-corrected chi connectivity index (χ4v) is 4.02. The average Bonchev–Trinajstić information content (AvgIpc) is 2.74. The summed E-state index contributed by atoms with van der Waals surface area (Å²) in [5, 5.41) is 3.38. The summed E-state index contributed by atoms with van der Waals surface area (Å²) in [6.45, 7) is -0.240. The van der Waals surface area contributed by atoms with Crippen LogP contribution in [0, 0.1) is 5.82 Å². The van der Waals surface area contributed by atoms with Crippen LogP contribution in [-0.4, -0.2) is 27.2 Å². The van der Waals surface area contributed by atoms with Crippen LogP contribution in [0.4, 0.5) is 15.8 Å². The van der Waals surface area contributed by atoms with Crippen LogP contribution >= 0.6 is 23.2 Å². The zero-order chi connectivity index (χ0) is 23.3. The summed E-state index contributed by atoms with van der Waals surface area (Å²) >= 11 is 11.9. The predicted molar refractivity (Wildman–Crippen MR) is 124 cm³/mol. The van der Waals surface area contributed by atoms with Gasteiger partial charge in [-0.25, -0.2) is 12.8 Å². The largest absolute Gasteiger partial charge is 0.484 e. The van der Waals surface area contributed by atoms with E-state index in [4.69, 9.17) is 27.9 Å². The number of rotatable bonds is 8. The Bertz CT molecular complexity index is 1200. The number of halogens is 3. The molecule has 0 bridgehead atoms. The Hall–Kier alpha value is -2.81. The van der Waals surface area contributed by atoms with Gasteiger partial charge in [0.25, 0.3) is 5.91 Å². The van der Waals surface area contributed by atoms with Crippen molar-refractivity contribution in [2.75, 3.05) is 22.5 Å². The molecule has 0 aliphatic rings. The maximum Gasteiger partial charge on any atom is 0.262 e. The summed E-state index contributed by atoms with van der Waals surface area (Å²) in [6.07, 6.45) is 1.09. The molecule has 0 aromatic heterocycles. The molecule has 0 spiro atoms. The van der Waals surface area contributed by atoms with E-state index in [1.165, 1.54) is 34.6 Å². The molecule has 0 fully saturated rings. The molecule has 6 nitrogen and oxygen atoms in total. The van der Waals surface area contributed by atoms with Crippen molar-refractivity contribution in [3.05, 3.63) is 88.2 Å². The lowest BCUT2D eigenvalue weighted by Gasteiger charge is -2.22. The first-order valence-electron chi connectivity index (χ1n) is 9.32. The first-order chi connectivity index (χ1) is 15.1. The van der Waals surface area contributed by atoms with Gasteiger partial charge < -0.3 is 10.1 Å². The Labute approximate surface area is 195 Å². The van der Waals surface area contributed by atoms with E-state index < -0.39 is 21.7 Å². The maximum atomic E-state index is 13.1. The number of benzene rings is 3. The van der Waals surface area contributed by atoms with Gasteiger partial charge in [0.15, 0.2) is 6.61 Å². The van der Waals surface area contributed by atoms with Crippen molar-refractivity contribution in [1.29, 1.82) is 0 Å². The van der Waals surface area contributed by atoms with E-state index in [1.54, 1.807) is 36.4 Å². The molecule has 3 aromatic rings. The van der Waals surface area contributed by atoms with Gasteiger partial charge in [-0.3, -0.25) is 9.10 Å². The van der Waals surface area contributed by atoms with Gasteiger partial charge in [-0.1, -0.05) is 35.3 Å². The first-order valence-corrected chi connectivity index (χ1v) is 11.9. The monoisotopic (exact) mass is 496 g/mol. The molecule has 32 heavy (non-hydrogen) atoms. The van der Waals surface area contributed by atoms with E-state index in [9.17, 15) is 17.6 Å². The number of hydrogen-bond acceptors (Lipinski definition) is 4. The van der Waals surface area contributed by atoms with Crippen molar-refractivity contribution in [2.45, 2.75) is 6.54 Å². The summed E-state index contributed by atoms with van der Waals surface area (Å²) < 4.78 is 44.3. The van der Waals surface area contributed by atoms with Crippen LogP contribution in [0.3, 0.4) is 0 Å². The molecular formula is C22H19Cl2FN2O4S. The second kappa shape index (κ2) is 10.2. The van der Waals surface area contributed by atoms with Gasteiger partial charge in [0.1, 0.15) is 11.6 Å². The van der Waals surface area contributed by atoms with Crippen LogP contribution in [0.1, 0.15) is 5.56 Å². The second-order valence-corrected chi connectivity index (χ2v) is 9.60. The van der Waals surface area contributed by atoms with Gasteiger partial charge in [-0.15, -0.1) is 0 Å². The molecule has 0 atom stereocenters. The lowest BCUT2D eigenvalue weighted by molar-refractivity contribution is -0.118. The summed E-state index contributed by atoms with van der Waals surface area (Å²) in [6, 6.07) is 16.5. The summed E-state index contributed by atoms with van der Waals surface area (Å²) in [7, 11) is -3.60. The number of anilines is 2. The van der Waals surface area contributed by atoms with Gasteiger partial charge in [0.05, 0.1) is 29.2 Å². The number of ether oxygens (including phenoxy) is 1. The number of hydrogen-bond donors (Lipinski definition) is 1. The molecule has 3 aromatic carbocycles. The third-order valence-corrected chi connectivity index (χ3v) is 6.04. The molecule has 1 amide bonds. The second-order valence-electron chi connectivity index (χ2n) is 6.85. The van der Waals surface area contributed by atoms with Crippen molar-refractivity contribution in [2.24, 2.45) is 0 Å². The number of carbonyl (C=O) groups is 1. The fraction of sp³-hybridized carbons (Fsp3) is 0.136. The van der Waals surface area contributed by atoms with Crippen LogP contribution in [0.15, 0.2) is 66.7 Å². The highest BCUT2D eigenvalue weighted by atomic mass is 35.5. The third-order valence-electron chi connectivity index (χ3n) is 4.34.